The van der Waals surface area contributed by atoms with Crippen LogP contribution in [0.25, 0.3) is 0 Å². The first-order valence-corrected chi connectivity index (χ1v) is 7.09. The van der Waals surface area contributed by atoms with Crippen LogP contribution in [0.3, 0.4) is 0 Å². The number of benzene rings is 1. The van der Waals surface area contributed by atoms with Gasteiger partial charge >= 0.3 is 0 Å². The molecule has 2 aromatic rings. The molecule has 1 aromatic carbocycles. The molecule has 0 saturated carbocycles. The molecule has 6 heteroatoms. The zero-order chi connectivity index (χ0) is 14.7. The number of aryl methyl sites for hydroxylation is 1. The second-order valence-corrected chi connectivity index (χ2v) is 5.54. The highest BCUT2D eigenvalue weighted by atomic mass is 79.9. The van der Waals surface area contributed by atoms with Crippen LogP contribution in [0.15, 0.2) is 34.9 Å². The lowest BCUT2D eigenvalue weighted by molar-refractivity contribution is 0.102. The summed E-state index contributed by atoms with van der Waals surface area (Å²) in [5.41, 5.74) is 2.14. The third kappa shape index (κ3) is 3.29. The standard InChI is InChI=1S/C14H13BrClN3O/c1-8-3-4-10(15)6-12(8)19-14(20)9-5-11(16)13(17-2)18-7-9/h3-7H,1-2H3,(H,17,18)(H,19,20). The van der Waals surface area contributed by atoms with Crippen LogP contribution in [-0.4, -0.2) is 17.9 Å². The second-order valence-electron chi connectivity index (χ2n) is 4.22. The Balaban J connectivity index is 2.24. The van der Waals surface area contributed by atoms with Gasteiger partial charge in [-0.05, 0) is 30.7 Å². The van der Waals surface area contributed by atoms with Crippen LogP contribution < -0.4 is 10.6 Å². The summed E-state index contributed by atoms with van der Waals surface area (Å²) in [5, 5.41) is 6.10. The quantitative estimate of drug-likeness (QED) is 0.872. The Hall–Kier alpha value is -1.59. The number of anilines is 2. The summed E-state index contributed by atoms with van der Waals surface area (Å²) < 4.78 is 0.903. The van der Waals surface area contributed by atoms with Crippen molar-refractivity contribution in [2.24, 2.45) is 0 Å². The number of hydrogen-bond acceptors (Lipinski definition) is 3. The molecule has 0 unspecified atom stereocenters. The number of halogens is 2. The monoisotopic (exact) mass is 353 g/mol. The third-order valence-electron chi connectivity index (χ3n) is 2.79. The van der Waals surface area contributed by atoms with Gasteiger partial charge in [0.25, 0.3) is 5.91 Å². The molecule has 2 rings (SSSR count). The molecule has 1 amide bonds. The van der Waals surface area contributed by atoms with E-state index < -0.39 is 0 Å². The van der Waals surface area contributed by atoms with Gasteiger partial charge in [-0.1, -0.05) is 33.6 Å². The molecule has 0 aliphatic rings. The van der Waals surface area contributed by atoms with Gasteiger partial charge in [0.1, 0.15) is 5.82 Å². The molecule has 0 aliphatic carbocycles. The van der Waals surface area contributed by atoms with Gasteiger partial charge in [0.05, 0.1) is 10.6 Å². The van der Waals surface area contributed by atoms with Crippen molar-refractivity contribution in [1.29, 1.82) is 0 Å². The topological polar surface area (TPSA) is 54.0 Å². The number of nitrogens with one attached hydrogen (secondary N) is 2. The Bertz CT molecular complexity index is 661. The van der Waals surface area contributed by atoms with Crippen LogP contribution in [-0.2, 0) is 0 Å². The van der Waals surface area contributed by atoms with E-state index in [1.165, 1.54) is 6.20 Å². The first kappa shape index (κ1) is 14.8. The van der Waals surface area contributed by atoms with E-state index in [0.717, 1.165) is 15.7 Å². The number of pyridine rings is 1. The summed E-state index contributed by atoms with van der Waals surface area (Å²) >= 11 is 9.40. The van der Waals surface area contributed by atoms with Crippen molar-refractivity contribution in [2.75, 3.05) is 17.7 Å². The molecular formula is C14H13BrClN3O. The van der Waals surface area contributed by atoms with Gasteiger partial charge < -0.3 is 10.6 Å². The summed E-state index contributed by atoms with van der Waals surface area (Å²) in [6, 6.07) is 7.29. The summed E-state index contributed by atoms with van der Waals surface area (Å²) in [7, 11) is 1.72. The largest absolute Gasteiger partial charge is 0.372 e. The Kier molecular flexibility index (Phi) is 4.62. The van der Waals surface area contributed by atoms with Gasteiger partial charge in [0.15, 0.2) is 0 Å². The average molecular weight is 355 g/mol. The number of carbonyl (C=O) groups excluding carboxylic acids is 1. The van der Waals surface area contributed by atoms with Crippen molar-refractivity contribution in [1.82, 2.24) is 4.98 Å². The van der Waals surface area contributed by atoms with Gasteiger partial charge in [0.2, 0.25) is 0 Å². The van der Waals surface area contributed by atoms with Crippen LogP contribution in [0.4, 0.5) is 11.5 Å². The first-order valence-electron chi connectivity index (χ1n) is 5.92. The molecular weight excluding hydrogens is 342 g/mol. The van der Waals surface area contributed by atoms with Crippen LogP contribution in [0, 0.1) is 6.92 Å². The molecule has 0 radical (unpaired) electrons. The fraction of sp³-hybridized carbons (Fsp3) is 0.143. The van der Waals surface area contributed by atoms with Crippen molar-refractivity contribution in [3.63, 3.8) is 0 Å². The van der Waals surface area contributed by atoms with Gasteiger partial charge in [-0.3, -0.25) is 4.79 Å². The maximum atomic E-state index is 12.2. The molecule has 2 N–H and O–H groups in total. The normalized spacial score (nSPS) is 10.2. The van der Waals surface area contributed by atoms with Crippen molar-refractivity contribution < 1.29 is 4.79 Å². The molecule has 20 heavy (non-hydrogen) atoms. The van der Waals surface area contributed by atoms with E-state index in [1.54, 1.807) is 13.1 Å². The van der Waals surface area contributed by atoms with Crippen LogP contribution in [0.2, 0.25) is 5.02 Å². The highest BCUT2D eigenvalue weighted by Gasteiger charge is 2.11. The molecule has 4 nitrogen and oxygen atoms in total. The van der Waals surface area contributed by atoms with Crippen LogP contribution in [0.1, 0.15) is 15.9 Å². The maximum absolute atomic E-state index is 12.2. The summed E-state index contributed by atoms with van der Waals surface area (Å²) in [6.07, 6.45) is 1.49. The van der Waals surface area contributed by atoms with Gasteiger partial charge in [-0.25, -0.2) is 4.98 Å². The Morgan fingerprint density at radius 3 is 2.75 bits per heavy atom. The molecule has 0 fully saturated rings. The summed E-state index contributed by atoms with van der Waals surface area (Å²) in [5.74, 6) is 0.296. The predicted molar refractivity (Wildman–Crippen MR) is 85.6 cm³/mol. The van der Waals surface area contributed by atoms with Crippen molar-refractivity contribution in [3.05, 3.63) is 51.1 Å². The number of hydrogen-bond donors (Lipinski definition) is 2. The van der Waals surface area contributed by atoms with E-state index in [1.807, 2.05) is 25.1 Å². The van der Waals surface area contributed by atoms with E-state index in [9.17, 15) is 4.79 Å². The fourth-order valence-electron chi connectivity index (χ4n) is 1.67. The lowest BCUT2D eigenvalue weighted by atomic mass is 10.2. The number of rotatable bonds is 3. The Morgan fingerprint density at radius 2 is 2.10 bits per heavy atom. The summed E-state index contributed by atoms with van der Waals surface area (Å²) in [4.78, 5) is 16.3. The SMILES string of the molecule is CNc1ncc(C(=O)Nc2cc(Br)ccc2C)cc1Cl. The second kappa shape index (κ2) is 6.24. The van der Waals surface area contributed by atoms with E-state index in [4.69, 9.17) is 11.6 Å². The van der Waals surface area contributed by atoms with E-state index in [0.29, 0.717) is 16.4 Å². The minimum Gasteiger partial charge on any atom is -0.372 e. The zero-order valence-electron chi connectivity index (χ0n) is 11.0. The maximum Gasteiger partial charge on any atom is 0.257 e. The zero-order valence-corrected chi connectivity index (χ0v) is 13.3. The number of amides is 1. The smallest absolute Gasteiger partial charge is 0.257 e. The first-order chi connectivity index (χ1) is 9.51. The molecule has 0 bridgehead atoms. The minimum atomic E-state index is -0.247. The average Bonchev–Trinajstić information content (AvgIpc) is 2.42. The number of aromatic nitrogens is 1. The molecule has 1 aromatic heterocycles. The molecule has 0 saturated heterocycles. The van der Waals surface area contributed by atoms with E-state index in [-0.39, 0.29) is 5.91 Å². The minimum absolute atomic E-state index is 0.247. The lowest BCUT2D eigenvalue weighted by Gasteiger charge is -2.10. The number of carbonyl (C=O) groups is 1. The number of nitrogens with zero attached hydrogens (tertiary/aromatic N) is 1. The van der Waals surface area contributed by atoms with Gasteiger partial charge in [-0.15, -0.1) is 0 Å². The van der Waals surface area contributed by atoms with Crippen LogP contribution >= 0.6 is 27.5 Å². The van der Waals surface area contributed by atoms with Gasteiger partial charge in [0, 0.05) is 23.4 Å². The van der Waals surface area contributed by atoms with Crippen molar-refractivity contribution in [3.8, 4) is 0 Å². The Labute approximate surface area is 130 Å². The Morgan fingerprint density at radius 1 is 1.35 bits per heavy atom. The van der Waals surface area contributed by atoms with Gasteiger partial charge in [-0.2, -0.15) is 0 Å². The highest BCUT2D eigenvalue weighted by Crippen LogP contribution is 2.23. The summed E-state index contributed by atoms with van der Waals surface area (Å²) in [6.45, 7) is 1.93. The molecule has 0 atom stereocenters. The van der Waals surface area contributed by atoms with Crippen molar-refractivity contribution >= 4 is 44.9 Å². The van der Waals surface area contributed by atoms with Crippen LogP contribution in [0.5, 0.6) is 0 Å². The highest BCUT2D eigenvalue weighted by molar-refractivity contribution is 9.10. The lowest BCUT2D eigenvalue weighted by Crippen LogP contribution is -2.13. The van der Waals surface area contributed by atoms with E-state index in [2.05, 4.69) is 31.5 Å². The molecule has 0 spiro atoms. The molecule has 104 valence electrons. The molecule has 0 aliphatic heterocycles. The predicted octanol–water partition coefficient (Wildman–Crippen LogP) is 4.10. The third-order valence-corrected chi connectivity index (χ3v) is 3.57. The molecule has 1 heterocycles. The fourth-order valence-corrected chi connectivity index (χ4v) is 2.29. The van der Waals surface area contributed by atoms with E-state index >= 15 is 0 Å². The van der Waals surface area contributed by atoms with Crippen molar-refractivity contribution in [2.45, 2.75) is 6.92 Å².